The van der Waals surface area contributed by atoms with Crippen LogP contribution in [0.1, 0.15) is 22.3 Å². The van der Waals surface area contributed by atoms with E-state index in [0.29, 0.717) is 6.61 Å². The summed E-state index contributed by atoms with van der Waals surface area (Å²) < 4.78 is 25.7. The first-order chi connectivity index (χ1) is 13.5. The molecule has 3 atom stereocenters. The molecular weight excluding hydrogens is 361 g/mol. The molecule has 0 fully saturated rings. The SMILES string of the molecule is CO/N=C\[C@@H](F)[C@H](OCc1ccc(C)cc1)[C@H](O)COCc1ccc(C)cc1. The predicted molar refractivity (Wildman–Crippen MR) is 107 cm³/mol. The van der Waals surface area contributed by atoms with Crippen molar-refractivity contribution in [3.05, 3.63) is 70.8 Å². The minimum Gasteiger partial charge on any atom is -0.399 e. The van der Waals surface area contributed by atoms with E-state index in [1.807, 2.05) is 62.4 Å². The van der Waals surface area contributed by atoms with Crippen molar-refractivity contribution in [2.45, 2.75) is 45.4 Å². The van der Waals surface area contributed by atoms with Crippen LogP contribution in [0.3, 0.4) is 0 Å². The van der Waals surface area contributed by atoms with Gasteiger partial charge in [-0.05, 0) is 25.0 Å². The van der Waals surface area contributed by atoms with Crippen molar-refractivity contribution in [2.75, 3.05) is 13.7 Å². The van der Waals surface area contributed by atoms with Gasteiger partial charge >= 0.3 is 0 Å². The van der Waals surface area contributed by atoms with Crippen LogP contribution < -0.4 is 0 Å². The third-order valence-electron chi connectivity index (χ3n) is 4.24. The van der Waals surface area contributed by atoms with Crippen LogP contribution in [0.4, 0.5) is 4.39 Å². The minimum absolute atomic E-state index is 0.0618. The van der Waals surface area contributed by atoms with E-state index in [4.69, 9.17) is 9.47 Å². The van der Waals surface area contributed by atoms with E-state index in [-0.39, 0.29) is 13.2 Å². The van der Waals surface area contributed by atoms with Gasteiger partial charge in [-0.1, -0.05) is 64.8 Å². The number of aliphatic hydroxyl groups excluding tert-OH is 1. The van der Waals surface area contributed by atoms with Crippen LogP contribution in [0, 0.1) is 13.8 Å². The van der Waals surface area contributed by atoms with E-state index in [1.54, 1.807) is 0 Å². The molecule has 28 heavy (non-hydrogen) atoms. The lowest BCUT2D eigenvalue weighted by molar-refractivity contribution is -0.0974. The highest BCUT2D eigenvalue weighted by atomic mass is 19.1. The van der Waals surface area contributed by atoms with Crippen molar-refractivity contribution in [3.8, 4) is 0 Å². The van der Waals surface area contributed by atoms with Gasteiger partial charge in [-0.3, -0.25) is 0 Å². The van der Waals surface area contributed by atoms with Gasteiger partial charge in [-0.25, -0.2) is 4.39 Å². The van der Waals surface area contributed by atoms with E-state index in [2.05, 4.69) is 9.99 Å². The zero-order valence-corrected chi connectivity index (χ0v) is 16.5. The van der Waals surface area contributed by atoms with Gasteiger partial charge in [0.15, 0.2) is 6.17 Å². The molecule has 0 saturated heterocycles. The topological polar surface area (TPSA) is 60.3 Å². The number of nitrogens with zero attached hydrogens (tertiary/aromatic N) is 1. The Morgan fingerprint density at radius 1 is 0.964 bits per heavy atom. The summed E-state index contributed by atoms with van der Waals surface area (Å²) >= 11 is 0. The molecule has 2 aromatic carbocycles. The predicted octanol–water partition coefficient (Wildman–Crippen LogP) is 3.74. The van der Waals surface area contributed by atoms with Gasteiger partial charge < -0.3 is 19.4 Å². The Labute approximate surface area is 165 Å². The molecule has 6 heteroatoms. The molecule has 0 saturated carbocycles. The first kappa shape index (κ1) is 22.0. The average molecular weight is 389 g/mol. The molecule has 152 valence electrons. The number of ether oxygens (including phenoxy) is 2. The molecule has 2 aromatic rings. The number of oxime groups is 1. The lowest BCUT2D eigenvalue weighted by atomic mass is 10.1. The fourth-order valence-corrected chi connectivity index (χ4v) is 2.57. The molecule has 0 aliphatic heterocycles. The van der Waals surface area contributed by atoms with Crippen molar-refractivity contribution >= 4 is 6.21 Å². The Balaban J connectivity index is 1.93. The van der Waals surface area contributed by atoms with Crippen molar-refractivity contribution in [1.82, 2.24) is 0 Å². The van der Waals surface area contributed by atoms with Gasteiger partial charge in [0.2, 0.25) is 0 Å². The smallest absolute Gasteiger partial charge is 0.167 e. The molecule has 0 amide bonds. The normalized spacial score (nSPS) is 14.8. The van der Waals surface area contributed by atoms with Crippen LogP contribution in [0.5, 0.6) is 0 Å². The molecule has 0 aliphatic rings. The molecule has 0 unspecified atom stereocenters. The maximum absolute atomic E-state index is 14.5. The number of halogens is 1. The number of aryl methyl sites for hydroxylation is 2. The first-order valence-corrected chi connectivity index (χ1v) is 9.19. The molecule has 0 aromatic heterocycles. The molecular formula is C22H28FNO4. The van der Waals surface area contributed by atoms with Crippen LogP contribution in [-0.4, -0.2) is 43.4 Å². The van der Waals surface area contributed by atoms with E-state index in [1.165, 1.54) is 7.11 Å². The Morgan fingerprint density at radius 2 is 1.50 bits per heavy atom. The number of hydrogen-bond donors (Lipinski definition) is 1. The Morgan fingerprint density at radius 3 is 2.04 bits per heavy atom. The van der Waals surface area contributed by atoms with Crippen LogP contribution in [0.2, 0.25) is 0 Å². The molecule has 2 rings (SSSR count). The second-order valence-corrected chi connectivity index (χ2v) is 6.71. The molecule has 0 spiro atoms. The summed E-state index contributed by atoms with van der Waals surface area (Å²) in [5.41, 5.74) is 4.15. The van der Waals surface area contributed by atoms with E-state index in [0.717, 1.165) is 28.5 Å². The third-order valence-corrected chi connectivity index (χ3v) is 4.24. The van der Waals surface area contributed by atoms with Crippen molar-refractivity contribution in [1.29, 1.82) is 0 Å². The number of hydrogen-bond acceptors (Lipinski definition) is 5. The maximum atomic E-state index is 14.5. The van der Waals surface area contributed by atoms with Crippen molar-refractivity contribution in [2.24, 2.45) is 5.16 Å². The molecule has 0 aliphatic carbocycles. The van der Waals surface area contributed by atoms with Crippen molar-refractivity contribution < 1.29 is 23.8 Å². The summed E-state index contributed by atoms with van der Waals surface area (Å²) in [5.74, 6) is 0. The fourth-order valence-electron chi connectivity index (χ4n) is 2.57. The number of rotatable bonds is 11. The monoisotopic (exact) mass is 389 g/mol. The highest BCUT2D eigenvalue weighted by molar-refractivity contribution is 5.63. The molecule has 5 nitrogen and oxygen atoms in total. The molecule has 1 N–H and O–H groups in total. The quantitative estimate of drug-likeness (QED) is 0.470. The maximum Gasteiger partial charge on any atom is 0.167 e. The zero-order chi connectivity index (χ0) is 20.4. The number of alkyl halides is 1. The van der Waals surface area contributed by atoms with E-state index in [9.17, 15) is 9.50 Å². The van der Waals surface area contributed by atoms with Crippen molar-refractivity contribution in [3.63, 3.8) is 0 Å². The standard InChI is InChI=1S/C22H28FNO4/c1-16-4-8-18(9-5-16)13-27-15-21(25)22(20(23)12-24-26-3)28-14-19-10-6-17(2)7-11-19/h4-12,20-22,25H,13-15H2,1-3H3/b24-12-/t20-,21-,22+/m1/s1. The molecule has 0 bridgehead atoms. The number of aliphatic hydroxyl groups is 1. The highest BCUT2D eigenvalue weighted by Gasteiger charge is 2.29. The van der Waals surface area contributed by atoms with Gasteiger partial charge in [0.1, 0.15) is 19.3 Å². The lowest BCUT2D eigenvalue weighted by Crippen LogP contribution is -2.41. The lowest BCUT2D eigenvalue weighted by Gasteiger charge is -2.24. The van der Waals surface area contributed by atoms with Crippen LogP contribution in [0.25, 0.3) is 0 Å². The first-order valence-electron chi connectivity index (χ1n) is 9.19. The van der Waals surface area contributed by atoms with Crippen LogP contribution in [0.15, 0.2) is 53.7 Å². The van der Waals surface area contributed by atoms with E-state index >= 15 is 0 Å². The zero-order valence-electron chi connectivity index (χ0n) is 16.5. The highest BCUT2D eigenvalue weighted by Crippen LogP contribution is 2.14. The Hall–Kier alpha value is -2.28. The summed E-state index contributed by atoms with van der Waals surface area (Å²) in [6.07, 6.45) is -2.95. The molecule has 0 radical (unpaired) electrons. The largest absolute Gasteiger partial charge is 0.399 e. The Kier molecular flexibility index (Phi) is 9.07. The second-order valence-electron chi connectivity index (χ2n) is 6.71. The summed E-state index contributed by atoms with van der Waals surface area (Å²) in [4.78, 5) is 4.53. The van der Waals surface area contributed by atoms with Crippen LogP contribution in [-0.2, 0) is 27.5 Å². The minimum atomic E-state index is -1.64. The summed E-state index contributed by atoms with van der Waals surface area (Å²) in [5, 5.41) is 13.9. The molecule has 0 heterocycles. The van der Waals surface area contributed by atoms with E-state index < -0.39 is 18.4 Å². The fraction of sp³-hybridized carbons (Fsp3) is 0.409. The number of benzene rings is 2. The van der Waals surface area contributed by atoms with Gasteiger partial charge in [-0.2, -0.15) is 0 Å². The Bertz CT molecular complexity index is 718. The van der Waals surface area contributed by atoms with Gasteiger partial charge in [0, 0.05) is 0 Å². The average Bonchev–Trinajstić information content (AvgIpc) is 2.69. The third kappa shape index (κ3) is 7.38. The van der Waals surface area contributed by atoms with Gasteiger partial charge in [-0.15, -0.1) is 0 Å². The summed E-state index contributed by atoms with van der Waals surface area (Å²) in [6, 6.07) is 15.6. The second kappa shape index (κ2) is 11.5. The van der Waals surface area contributed by atoms with Gasteiger partial charge in [0.25, 0.3) is 0 Å². The summed E-state index contributed by atoms with van der Waals surface area (Å²) in [7, 11) is 1.33. The van der Waals surface area contributed by atoms with Crippen LogP contribution >= 0.6 is 0 Å². The van der Waals surface area contributed by atoms with Gasteiger partial charge in [0.05, 0.1) is 26.0 Å². The summed E-state index contributed by atoms with van der Waals surface area (Å²) in [6.45, 7) is 4.43.